The maximum atomic E-state index is 12.4. The smallest absolute Gasteiger partial charge is 0.343 e. The van der Waals surface area contributed by atoms with E-state index in [1.807, 2.05) is 48.5 Å². The summed E-state index contributed by atoms with van der Waals surface area (Å²) in [6, 6.07) is 22.2. The molecule has 3 aromatic carbocycles. The molecule has 1 heterocycles. The normalized spacial score (nSPS) is 11.0. The van der Waals surface area contributed by atoms with Crippen LogP contribution in [0.4, 0.5) is 5.13 Å². The number of hydrazone groups is 1. The highest BCUT2D eigenvalue weighted by Gasteiger charge is 2.11. The molecule has 1 aromatic heterocycles. The van der Waals surface area contributed by atoms with E-state index in [9.17, 15) is 4.79 Å². The van der Waals surface area contributed by atoms with Gasteiger partial charge in [0.1, 0.15) is 5.75 Å². The van der Waals surface area contributed by atoms with Gasteiger partial charge in [0, 0.05) is 10.0 Å². The van der Waals surface area contributed by atoms with Gasteiger partial charge < -0.3 is 4.74 Å². The van der Waals surface area contributed by atoms with Gasteiger partial charge in [-0.2, -0.15) is 5.10 Å². The van der Waals surface area contributed by atoms with Crippen molar-refractivity contribution in [2.45, 2.75) is 0 Å². The summed E-state index contributed by atoms with van der Waals surface area (Å²) in [6.45, 7) is 0. The number of thiazole rings is 1. The monoisotopic (exact) mass is 451 g/mol. The van der Waals surface area contributed by atoms with Crippen molar-refractivity contribution in [3.8, 4) is 5.75 Å². The Kier molecular flexibility index (Phi) is 5.45. The maximum Gasteiger partial charge on any atom is 0.343 e. The number of halogens is 1. The Morgan fingerprint density at radius 3 is 2.75 bits per heavy atom. The number of carbonyl (C=O) groups excluding carboxylic acids is 1. The molecular weight excluding hydrogens is 438 g/mol. The topological polar surface area (TPSA) is 63.6 Å². The lowest BCUT2D eigenvalue weighted by molar-refractivity contribution is 0.0734. The summed E-state index contributed by atoms with van der Waals surface area (Å²) in [5.41, 5.74) is 5.00. The molecule has 0 bridgehead atoms. The number of anilines is 1. The highest BCUT2D eigenvalue weighted by atomic mass is 79.9. The summed E-state index contributed by atoms with van der Waals surface area (Å²) < 4.78 is 7.45. The summed E-state index contributed by atoms with van der Waals surface area (Å²) in [6.07, 6.45) is 1.61. The van der Waals surface area contributed by atoms with Crippen molar-refractivity contribution in [1.29, 1.82) is 0 Å². The first kappa shape index (κ1) is 18.3. The van der Waals surface area contributed by atoms with Gasteiger partial charge in [-0.1, -0.05) is 57.6 Å². The number of rotatable bonds is 5. The largest absolute Gasteiger partial charge is 0.422 e. The van der Waals surface area contributed by atoms with E-state index in [1.54, 1.807) is 30.5 Å². The number of para-hydroxylation sites is 2. The van der Waals surface area contributed by atoms with E-state index in [1.165, 1.54) is 11.3 Å². The SMILES string of the molecule is O=C(Oc1ccccc1/C=N/Nc1nc2ccccc2s1)c1cccc(Br)c1. The zero-order valence-electron chi connectivity index (χ0n) is 14.5. The summed E-state index contributed by atoms with van der Waals surface area (Å²) in [5.74, 6) is 0.00334. The van der Waals surface area contributed by atoms with E-state index in [0.29, 0.717) is 22.0 Å². The standard InChI is InChI=1S/C21H14BrN3O2S/c22-16-8-5-7-14(12-16)20(26)27-18-10-3-1-6-15(18)13-23-25-21-24-17-9-2-4-11-19(17)28-21/h1-13H,(H,24,25)/b23-13+. The van der Waals surface area contributed by atoms with Gasteiger partial charge in [-0.25, -0.2) is 9.78 Å². The molecule has 0 radical (unpaired) electrons. The molecule has 0 aliphatic rings. The lowest BCUT2D eigenvalue weighted by Gasteiger charge is -2.07. The minimum Gasteiger partial charge on any atom is -0.422 e. The van der Waals surface area contributed by atoms with Gasteiger partial charge in [0.2, 0.25) is 5.13 Å². The summed E-state index contributed by atoms with van der Waals surface area (Å²) in [7, 11) is 0. The van der Waals surface area contributed by atoms with E-state index in [0.717, 1.165) is 14.7 Å². The molecule has 28 heavy (non-hydrogen) atoms. The molecule has 0 aliphatic carbocycles. The molecule has 0 fully saturated rings. The molecule has 5 nitrogen and oxygen atoms in total. The second-order valence-electron chi connectivity index (χ2n) is 5.79. The molecule has 138 valence electrons. The molecule has 7 heteroatoms. The number of hydrogen-bond acceptors (Lipinski definition) is 6. The van der Waals surface area contributed by atoms with Crippen molar-refractivity contribution in [1.82, 2.24) is 4.98 Å². The highest BCUT2D eigenvalue weighted by Crippen LogP contribution is 2.25. The first-order valence-corrected chi connectivity index (χ1v) is 10.0. The van der Waals surface area contributed by atoms with Gasteiger partial charge in [0.05, 0.1) is 22.0 Å². The third-order valence-electron chi connectivity index (χ3n) is 3.84. The van der Waals surface area contributed by atoms with Crippen LogP contribution in [0.15, 0.2) is 82.4 Å². The number of ether oxygens (including phenoxy) is 1. The van der Waals surface area contributed by atoms with Crippen LogP contribution in [0.2, 0.25) is 0 Å². The predicted molar refractivity (Wildman–Crippen MR) is 116 cm³/mol. The predicted octanol–water partition coefficient (Wildman–Crippen LogP) is 5.72. The Morgan fingerprint density at radius 1 is 1.07 bits per heavy atom. The van der Waals surface area contributed by atoms with Crippen LogP contribution in [0.3, 0.4) is 0 Å². The van der Waals surface area contributed by atoms with Gasteiger partial charge in [0.15, 0.2) is 0 Å². The minimum atomic E-state index is -0.429. The zero-order valence-corrected chi connectivity index (χ0v) is 16.9. The van der Waals surface area contributed by atoms with Crippen molar-refractivity contribution < 1.29 is 9.53 Å². The Labute approximate surface area is 173 Å². The molecule has 0 saturated carbocycles. The highest BCUT2D eigenvalue weighted by molar-refractivity contribution is 9.10. The fourth-order valence-corrected chi connectivity index (χ4v) is 3.75. The average molecular weight is 452 g/mol. The van der Waals surface area contributed by atoms with Crippen molar-refractivity contribution >= 4 is 54.8 Å². The number of aromatic nitrogens is 1. The molecule has 0 spiro atoms. The van der Waals surface area contributed by atoms with Crippen LogP contribution >= 0.6 is 27.3 Å². The van der Waals surface area contributed by atoms with E-state index in [2.05, 4.69) is 31.4 Å². The lowest BCUT2D eigenvalue weighted by Crippen LogP contribution is -2.09. The molecule has 4 aromatic rings. The van der Waals surface area contributed by atoms with Gasteiger partial charge in [0.25, 0.3) is 0 Å². The number of nitrogens with one attached hydrogen (secondary N) is 1. The second kappa shape index (κ2) is 8.33. The Bertz CT molecular complexity index is 1140. The summed E-state index contributed by atoms with van der Waals surface area (Å²) >= 11 is 4.88. The van der Waals surface area contributed by atoms with Gasteiger partial charge in [-0.3, -0.25) is 5.43 Å². The molecule has 4 rings (SSSR count). The van der Waals surface area contributed by atoms with Crippen LogP contribution in [0, 0.1) is 0 Å². The molecule has 0 amide bonds. The van der Waals surface area contributed by atoms with Crippen LogP contribution in [0.5, 0.6) is 5.75 Å². The molecule has 0 saturated heterocycles. The van der Waals surface area contributed by atoms with Crippen molar-refractivity contribution in [2.75, 3.05) is 5.43 Å². The molecule has 0 unspecified atom stereocenters. The third kappa shape index (κ3) is 4.27. The van der Waals surface area contributed by atoms with Crippen LogP contribution in [0.25, 0.3) is 10.2 Å². The van der Waals surface area contributed by atoms with E-state index >= 15 is 0 Å². The van der Waals surface area contributed by atoms with E-state index in [4.69, 9.17) is 4.74 Å². The van der Waals surface area contributed by atoms with Crippen molar-refractivity contribution in [3.05, 3.63) is 88.4 Å². The van der Waals surface area contributed by atoms with E-state index < -0.39 is 5.97 Å². The number of fused-ring (bicyclic) bond motifs is 1. The van der Waals surface area contributed by atoms with Crippen molar-refractivity contribution in [2.24, 2.45) is 5.10 Å². The van der Waals surface area contributed by atoms with E-state index in [-0.39, 0.29) is 0 Å². The molecule has 1 N–H and O–H groups in total. The summed E-state index contributed by atoms with van der Waals surface area (Å²) in [4.78, 5) is 16.9. The van der Waals surface area contributed by atoms with Crippen LogP contribution in [-0.4, -0.2) is 17.2 Å². The number of nitrogens with zero attached hydrogens (tertiary/aromatic N) is 2. The first-order valence-electron chi connectivity index (χ1n) is 8.40. The Morgan fingerprint density at radius 2 is 1.89 bits per heavy atom. The number of benzene rings is 3. The summed E-state index contributed by atoms with van der Waals surface area (Å²) in [5, 5.41) is 4.93. The Hall–Kier alpha value is -3.03. The minimum absolute atomic E-state index is 0.429. The average Bonchev–Trinajstić information content (AvgIpc) is 3.12. The quantitative estimate of drug-likeness (QED) is 0.182. The van der Waals surface area contributed by atoms with Gasteiger partial charge >= 0.3 is 5.97 Å². The molecular formula is C21H14BrN3O2S. The lowest BCUT2D eigenvalue weighted by atomic mass is 10.2. The molecule has 0 atom stereocenters. The van der Waals surface area contributed by atoms with Gasteiger partial charge in [-0.15, -0.1) is 0 Å². The van der Waals surface area contributed by atoms with Gasteiger partial charge in [-0.05, 0) is 42.5 Å². The van der Waals surface area contributed by atoms with Crippen LogP contribution in [0.1, 0.15) is 15.9 Å². The second-order valence-corrected chi connectivity index (χ2v) is 7.74. The maximum absolute atomic E-state index is 12.4. The van der Waals surface area contributed by atoms with Crippen LogP contribution < -0.4 is 10.2 Å². The number of hydrogen-bond donors (Lipinski definition) is 1. The third-order valence-corrected chi connectivity index (χ3v) is 5.27. The fourth-order valence-electron chi connectivity index (χ4n) is 2.53. The number of esters is 1. The fraction of sp³-hybridized carbons (Fsp3) is 0. The zero-order chi connectivity index (χ0) is 19.3. The van der Waals surface area contributed by atoms with Crippen LogP contribution in [-0.2, 0) is 0 Å². The first-order chi connectivity index (χ1) is 13.7. The van der Waals surface area contributed by atoms with Crippen molar-refractivity contribution in [3.63, 3.8) is 0 Å². The Balaban J connectivity index is 1.49. The number of carbonyl (C=O) groups is 1. The molecule has 0 aliphatic heterocycles.